The van der Waals surface area contributed by atoms with E-state index in [0.29, 0.717) is 26.2 Å². The summed E-state index contributed by atoms with van der Waals surface area (Å²) in [6, 6.07) is 0. The Morgan fingerprint density at radius 1 is 0.283 bits per heavy atom. The molecule has 0 heterocycles. The molecule has 0 aliphatic carbocycles. The molecule has 0 fully saturated rings. The summed E-state index contributed by atoms with van der Waals surface area (Å²) in [5, 5.41) is 9.37. The highest BCUT2D eigenvalue weighted by Crippen LogP contribution is 2.17. The molecule has 0 rings (SSSR count). The second kappa shape index (κ2) is 44.0. The Morgan fingerprint density at radius 2 is 0.500 bits per heavy atom. The molecule has 10 heteroatoms. The van der Waals surface area contributed by atoms with Crippen LogP contribution in [0.25, 0.3) is 0 Å². The fourth-order valence-corrected chi connectivity index (χ4v) is 11.7. The van der Waals surface area contributed by atoms with Crippen LogP contribution in [-0.4, -0.2) is 99.4 Å². The molecule has 0 aliphatic rings. The number of sulfonamides is 2. The van der Waals surface area contributed by atoms with Crippen LogP contribution in [0.2, 0.25) is 0 Å². The molecule has 0 unspecified atom stereocenters. The first-order chi connectivity index (χ1) is 29.2. The molecular formula is C50H105N3O5S2. The van der Waals surface area contributed by atoms with Crippen LogP contribution in [0, 0.1) is 0 Å². The lowest BCUT2D eigenvalue weighted by atomic mass is 10.1. The van der Waals surface area contributed by atoms with Gasteiger partial charge in [0, 0.05) is 32.8 Å². The van der Waals surface area contributed by atoms with Gasteiger partial charge in [-0.2, -0.15) is 0 Å². The van der Waals surface area contributed by atoms with Crippen molar-refractivity contribution in [2.24, 2.45) is 0 Å². The Kier molecular flexibility index (Phi) is 43.8. The molecule has 0 aliphatic heterocycles. The molecule has 0 saturated carbocycles. The summed E-state index contributed by atoms with van der Waals surface area (Å²) in [4.78, 5) is 2.55. The number of rotatable bonds is 50. The standard InChI is InChI=1S/C50H105N3O5S2/c1-5-9-13-17-25-33-44-52(45-34-26-18-14-10-6-2)59(55,56)49-39-29-21-23-31-41-51(43-37-38-48-54)42-32-24-22-30-40-50-60(57,58)53(46-35-27-19-15-11-7-3)47-36-28-20-16-12-8-4/h54H,5-50H2,1-4H3. The van der Waals surface area contributed by atoms with Crippen molar-refractivity contribution >= 4 is 20.0 Å². The summed E-state index contributed by atoms with van der Waals surface area (Å²) < 4.78 is 57.4. The summed E-state index contributed by atoms with van der Waals surface area (Å²) in [6.45, 7) is 15.1. The van der Waals surface area contributed by atoms with Gasteiger partial charge < -0.3 is 10.0 Å². The van der Waals surface area contributed by atoms with Gasteiger partial charge in [0.15, 0.2) is 0 Å². The van der Waals surface area contributed by atoms with Gasteiger partial charge in [0.1, 0.15) is 0 Å². The molecule has 1 N–H and O–H groups in total. The second-order valence-corrected chi connectivity index (χ2v) is 22.5. The van der Waals surface area contributed by atoms with E-state index in [1.165, 1.54) is 103 Å². The van der Waals surface area contributed by atoms with E-state index in [9.17, 15) is 21.9 Å². The Bertz CT molecular complexity index is 979. The second-order valence-electron chi connectivity index (χ2n) is 18.3. The van der Waals surface area contributed by atoms with Crippen molar-refractivity contribution in [1.82, 2.24) is 13.5 Å². The summed E-state index contributed by atoms with van der Waals surface area (Å²) in [5.41, 5.74) is 0. The lowest BCUT2D eigenvalue weighted by molar-refractivity contribution is 0.234. The van der Waals surface area contributed by atoms with Crippen LogP contribution in [0.3, 0.4) is 0 Å². The average molecular weight is 893 g/mol. The van der Waals surface area contributed by atoms with E-state index >= 15 is 0 Å². The molecule has 60 heavy (non-hydrogen) atoms. The molecule has 362 valence electrons. The lowest BCUT2D eigenvalue weighted by Gasteiger charge is -2.23. The van der Waals surface area contributed by atoms with Crippen LogP contribution in [0.5, 0.6) is 0 Å². The highest BCUT2D eigenvalue weighted by atomic mass is 32.2. The van der Waals surface area contributed by atoms with Crippen molar-refractivity contribution in [3.63, 3.8) is 0 Å². The third-order valence-electron chi connectivity index (χ3n) is 12.5. The van der Waals surface area contributed by atoms with Gasteiger partial charge in [0.05, 0.1) is 11.5 Å². The summed E-state index contributed by atoms with van der Waals surface area (Å²) in [6.07, 6.45) is 40.3. The zero-order valence-corrected chi connectivity index (χ0v) is 42.4. The normalized spacial score (nSPS) is 12.5. The number of hydrogen-bond donors (Lipinski definition) is 1. The van der Waals surface area contributed by atoms with Gasteiger partial charge in [-0.1, -0.05) is 195 Å². The number of nitrogens with zero attached hydrogens (tertiary/aromatic N) is 3. The van der Waals surface area contributed by atoms with Crippen LogP contribution >= 0.6 is 0 Å². The van der Waals surface area contributed by atoms with Crippen LogP contribution in [0.15, 0.2) is 0 Å². The minimum atomic E-state index is -3.21. The van der Waals surface area contributed by atoms with E-state index in [4.69, 9.17) is 0 Å². The van der Waals surface area contributed by atoms with E-state index in [2.05, 4.69) is 32.6 Å². The van der Waals surface area contributed by atoms with E-state index in [1.807, 2.05) is 8.61 Å². The van der Waals surface area contributed by atoms with E-state index in [-0.39, 0.29) is 18.1 Å². The first-order valence-corrected chi connectivity index (χ1v) is 29.7. The first-order valence-electron chi connectivity index (χ1n) is 26.5. The molecule has 0 aromatic rings. The van der Waals surface area contributed by atoms with Crippen molar-refractivity contribution in [2.75, 3.05) is 63.9 Å². The predicted molar refractivity (Wildman–Crippen MR) is 263 cm³/mol. The minimum Gasteiger partial charge on any atom is -0.396 e. The van der Waals surface area contributed by atoms with Gasteiger partial charge in [-0.25, -0.2) is 25.4 Å². The predicted octanol–water partition coefficient (Wildman–Crippen LogP) is 13.7. The van der Waals surface area contributed by atoms with E-state index < -0.39 is 20.0 Å². The third-order valence-corrected chi connectivity index (χ3v) is 16.4. The van der Waals surface area contributed by atoms with E-state index in [0.717, 1.165) is 148 Å². The molecule has 0 atom stereocenters. The molecule has 0 aromatic heterocycles. The molecule has 0 amide bonds. The molecule has 0 bridgehead atoms. The fourth-order valence-electron chi connectivity index (χ4n) is 8.40. The minimum absolute atomic E-state index is 0.240. The van der Waals surface area contributed by atoms with Crippen LogP contribution in [0.4, 0.5) is 0 Å². The molecule has 0 aromatic carbocycles. The first kappa shape index (κ1) is 59.7. The summed E-state index contributed by atoms with van der Waals surface area (Å²) >= 11 is 0. The number of hydrogen-bond acceptors (Lipinski definition) is 6. The maximum Gasteiger partial charge on any atom is 0.214 e. The van der Waals surface area contributed by atoms with Crippen molar-refractivity contribution in [1.29, 1.82) is 0 Å². The molecule has 0 saturated heterocycles. The highest BCUT2D eigenvalue weighted by Gasteiger charge is 2.22. The van der Waals surface area contributed by atoms with Gasteiger partial charge in [-0.05, 0) is 83.8 Å². The number of aliphatic hydroxyl groups is 1. The van der Waals surface area contributed by atoms with E-state index in [1.54, 1.807) is 0 Å². The Balaban J connectivity index is 4.63. The van der Waals surface area contributed by atoms with Crippen molar-refractivity contribution in [2.45, 2.75) is 259 Å². The number of unbranched alkanes of at least 4 members (excludes halogenated alkanes) is 29. The fraction of sp³-hybridized carbons (Fsp3) is 1.00. The topological polar surface area (TPSA) is 98.2 Å². The SMILES string of the molecule is CCCCCCCCN(CCCCCCCC)S(=O)(=O)CCCCCCCN(CCCCO)CCCCCCCS(=O)(=O)N(CCCCCCCC)CCCCCCCC. The Morgan fingerprint density at radius 3 is 0.767 bits per heavy atom. The maximum absolute atomic E-state index is 13.4. The Labute approximate surface area is 376 Å². The molecular weight excluding hydrogens is 787 g/mol. The highest BCUT2D eigenvalue weighted by molar-refractivity contribution is 7.89. The average Bonchev–Trinajstić information content (AvgIpc) is 3.23. The monoisotopic (exact) mass is 892 g/mol. The van der Waals surface area contributed by atoms with Gasteiger partial charge in [-0.15, -0.1) is 0 Å². The zero-order valence-electron chi connectivity index (χ0n) is 40.8. The van der Waals surface area contributed by atoms with Crippen molar-refractivity contribution in [3.8, 4) is 0 Å². The largest absolute Gasteiger partial charge is 0.396 e. The summed E-state index contributed by atoms with van der Waals surface area (Å²) in [5.74, 6) is 0.572. The zero-order chi connectivity index (χ0) is 44.3. The van der Waals surface area contributed by atoms with Crippen LogP contribution in [-0.2, 0) is 20.0 Å². The molecule has 0 radical (unpaired) electrons. The van der Waals surface area contributed by atoms with Crippen LogP contribution in [0.1, 0.15) is 259 Å². The quantitative estimate of drug-likeness (QED) is 0.0611. The summed E-state index contributed by atoms with van der Waals surface area (Å²) in [7, 11) is -6.42. The smallest absolute Gasteiger partial charge is 0.214 e. The van der Waals surface area contributed by atoms with Crippen molar-refractivity contribution in [3.05, 3.63) is 0 Å². The van der Waals surface area contributed by atoms with Gasteiger partial charge in [0.25, 0.3) is 0 Å². The van der Waals surface area contributed by atoms with Gasteiger partial charge in [-0.3, -0.25) is 0 Å². The maximum atomic E-state index is 13.4. The van der Waals surface area contributed by atoms with Crippen LogP contribution < -0.4 is 0 Å². The lowest BCUT2D eigenvalue weighted by Crippen LogP contribution is -2.35. The Hall–Kier alpha value is -0.260. The van der Waals surface area contributed by atoms with Crippen molar-refractivity contribution < 1.29 is 21.9 Å². The van der Waals surface area contributed by atoms with Gasteiger partial charge >= 0.3 is 0 Å². The van der Waals surface area contributed by atoms with Gasteiger partial charge in [0.2, 0.25) is 20.0 Å². The molecule has 0 spiro atoms. The third kappa shape index (κ3) is 37.1. The molecule has 8 nitrogen and oxygen atoms in total. The number of aliphatic hydroxyl groups excluding tert-OH is 1.